The van der Waals surface area contributed by atoms with E-state index >= 15 is 0 Å². The molecule has 0 radical (unpaired) electrons. The lowest BCUT2D eigenvalue weighted by atomic mass is 10.1. The van der Waals surface area contributed by atoms with Gasteiger partial charge in [0.05, 0.1) is 12.8 Å². The van der Waals surface area contributed by atoms with E-state index in [2.05, 4.69) is 4.98 Å². The van der Waals surface area contributed by atoms with Gasteiger partial charge in [0.25, 0.3) is 5.56 Å². The van der Waals surface area contributed by atoms with Crippen LogP contribution < -0.4 is 10.3 Å². The van der Waals surface area contributed by atoms with Gasteiger partial charge in [-0.05, 0) is 38.0 Å². The van der Waals surface area contributed by atoms with Crippen molar-refractivity contribution in [1.29, 1.82) is 0 Å². The molecule has 1 aromatic carbocycles. The zero-order valence-corrected chi connectivity index (χ0v) is 16.3. The highest BCUT2D eigenvalue weighted by atomic mass is 32.2. The third-order valence-electron chi connectivity index (χ3n) is 4.84. The predicted molar refractivity (Wildman–Crippen MR) is 98.1 cm³/mol. The molecule has 1 aliphatic heterocycles. The van der Waals surface area contributed by atoms with Crippen LogP contribution in [0.3, 0.4) is 0 Å². The molecule has 0 saturated heterocycles. The number of ether oxygens (including phenoxy) is 1. The lowest BCUT2D eigenvalue weighted by molar-refractivity contribution is 0.392. The monoisotopic (exact) mass is 377 g/mol. The molecule has 0 aliphatic carbocycles. The number of benzene rings is 1. The van der Waals surface area contributed by atoms with Crippen molar-refractivity contribution in [3.8, 4) is 5.75 Å². The van der Waals surface area contributed by atoms with E-state index in [1.54, 1.807) is 32.2 Å². The molecule has 2 heterocycles. The van der Waals surface area contributed by atoms with Gasteiger partial charge in [0.1, 0.15) is 16.5 Å². The summed E-state index contributed by atoms with van der Waals surface area (Å²) < 4.78 is 34.5. The molecule has 0 saturated carbocycles. The maximum Gasteiger partial charge on any atom is 0.256 e. The molecular formula is C18H23N3O4S. The Labute approximate surface area is 153 Å². The predicted octanol–water partition coefficient (Wildman–Crippen LogP) is 1.20. The zero-order valence-electron chi connectivity index (χ0n) is 15.4. The number of aromatic nitrogens is 2. The minimum atomic E-state index is -3.72. The smallest absolute Gasteiger partial charge is 0.256 e. The second kappa shape index (κ2) is 6.85. The standard InChI is InChI=1S/C18H23N3O4S/c1-12-5-6-17(16(11-12)25-4)26(23,24)21-9-7-14-15(8-10-21)19-13(2)20(3)18(14)22/h5-6,11H,7-10H2,1-4H3. The molecule has 26 heavy (non-hydrogen) atoms. The third-order valence-corrected chi connectivity index (χ3v) is 6.78. The quantitative estimate of drug-likeness (QED) is 0.803. The fourth-order valence-corrected chi connectivity index (χ4v) is 4.79. The number of sulfonamides is 1. The number of methoxy groups -OCH3 is 1. The van der Waals surface area contributed by atoms with Gasteiger partial charge in [-0.2, -0.15) is 4.31 Å². The molecule has 0 unspecified atom stereocenters. The highest BCUT2D eigenvalue weighted by molar-refractivity contribution is 7.89. The van der Waals surface area contributed by atoms with Gasteiger partial charge in [-0.3, -0.25) is 9.36 Å². The molecule has 140 valence electrons. The third kappa shape index (κ3) is 3.14. The summed E-state index contributed by atoms with van der Waals surface area (Å²) in [4.78, 5) is 17.1. The first-order valence-electron chi connectivity index (χ1n) is 8.46. The summed E-state index contributed by atoms with van der Waals surface area (Å²) in [5.74, 6) is 0.960. The average Bonchev–Trinajstić information content (AvgIpc) is 2.82. The van der Waals surface area contributed by atoms with Crippen molar-refractivity contribution in [2.24, 2.45) is 7.05 Å². The Morgan fingerprint density at radius 1 is 1.15 bits per heavy atom. The van der Waals surface area contributed by atoms with Crippen molar-refractivity contribution in [2.45, 2.75) is 31.6 Å². The number of hydrogen-bond donors (Lipinski definition) is 0. The Hall–Kier alpha value is -2.19. The molecule has 1 aromatic heterocycles. The summed E-state index contributed by atoms with van der Waals surface area (Å²) in [5.41, 5.74) is 2.12. The number of hydrogen-bond acceptors (Lipinski definition) is 5. The zero-order chi connectivity index (χ0) is 19.1. The normalized spacial score (nSPS) is 15.4. The van der Waals surface area contributed by atoms with Crippen LogP contribution in [-0.4, -0.2) is 42.5 Å². The summed E-state index contributed by atoms with van der Waals surface area (Å²) in [7, 11) is -0.581. The molecule has 0 bridgehead atoms. The summed E-state index contributed by atoms with van der Waals surface area (Å²) in [6, 6.07) is 5.03. The lowest BCUT2D eigenvalue weighted by Gasteiger charge is -2.21. The first-order chi connectivity index (χ1) is 12.3. The highest BCUT2D eigenvalue weighted by Crippen LogP contribution is 2.28. The molecule has 0 atom stereocenters. The Bertz CT molecular complexity index is 1010. The van der Waals surface area contributed by atoms with Crippen molar-refractivity contribution in [3.05, 3.63) is 51.2 Å². The fraction of sp³-hybridized carbons (Fsp3) is 0.444. The summed E-state index contributed by atoms with van der Waals surface area (Å²) >= 11 is 0. The first kappa shape index (κ1) is 18.6. The van der Waals surface area contributed by atoms with E-state index in [0.29, 0.717) is 35.7 Å². The van der Waals surface area contributed by atoms with Crippen LogP contribution in [0.15, 0.2) is 27.9 Å². The van der Waals surface area contributed by atoms with E-state index in [1.165, 1.54) is 16.0 Å². The van der Waals surface area contributed by atoms with Gasteiger partial charge in [-0.1, -0.05) is 6.07 Å². The summed E-state index contributed by atoms with van der Waals surface area (Å²) in [6.45, 7) is 4.18. The van der Waals surface area contributed by atoms with Gasteiger partial charge in [-0.25, -0.2) is 13.4 Å². The first-order valence-corrected chi connectivity index (χ1v) is 9.90. The van der Waals surface area contributed by atoms with Gasteiger partial charge in [0, 0.05) is 32.1 Å². The van der Waals surface area contributed by atoms with E-state index in [9.17, 15) is 13.2 Å². The van der Waals surface area contributed by atoms with Crippen LogP contribution in [0.25, 0.3) is 0 Å². The van der Waals surface area contributed by atoms with E-state index in [4.69, 9.17) is 4.74 Å². The Balaban J connectivity index is 1.97. The van der Waals surface area contributed by atoms with Crippen molar-refractivity contribution in [1.82, 2.24) is 13.9 Å². The second-order valence-corrected chi connectivity index (χ2v) is 8.41. The van der Waals surface area contributed by atoms with E-state index in [1.807, 2.05) is 6.92 Å². The van der Waals surface area contributed by atoms with Crippen LogP contribution in [0.1, 0.15) is 22.6 Å². The Morgan fingerprint density at radius 3 is 2.54 bits per heavy atom. The molecule has 0 amide bonds. The van der Waals surface area contributed by atoms with Crippen LogP contribution in [-0.2, 0) is 29.9 Å². The SMILES string of the molecule is COc1cc(C)ccc1S(=O)(=O)N1CCc2nc(C)n(C)c(=O)c2CC1. The van der Waals surface area contributed by atoms with Crippen molar-refractivity contribution in [3.63, 3.8) is 0 Å². The molecule has 3 rings (SSSR count). The van der Waals surface area contributed by atoms with Crippen LogP contribution in [0.2, 0.25) is 0 Å². The van der Waals surface area contributed by atoms with Crippen LogP contribution >= 0.6 is 0 Å². The van der Waals surface area contributed by atoms with Gasteiger partial charge in [-0.15, -0.1) is 0 Å². The van der Waals surface area contributed by atoms with Gasteiger partial charge >= 0.3 is 0 Å². The molecule has 0 spiro atoms. The second-order valence-electron chi connectivity index (χ2n) is 6.51. The highest BCUT2D eigenvalue weighted by Gasteiger charge is 2.30. The maximum absolute atomic E-state index is 13.1. The molecule has 2 aromatic rings. The average molecular weight is 377 g/mol. The fourth-order valence-electron chi connectivity index (χ4n) is 3.21. The summed E-state index contributed by atoms with van der Waals surface area (Å²) in [6.07, 6.45) is 0.766. The maximum atomic E-state index is 13.1. The number of fused-ring (bicyclic) bond motifs is 1. The van der Waals surface area contributed by atoms with Crippen LogP contribution in [0.5, 0.6) is 5.75 Å². The van der Waals surface area contributed by atoms with Gasteiger partial charge < -0.3 is 4.74 Å². The van der Waals surface area contributed by atoms with Crippen LogP contribution in [0.4, 0.5) is 0 Å². The van der Waals surface area contributed by atoms with Crippen LogP contribution in [0, 0.1) is 13.8 Å². The molecule has 7 nitrogen and oxygen atoms in total. The van der Waals surface area contributed by atoms with E-state index in [-0.39, 0.29) is 23.5 Å². The lowest BCUT2D eigenvalue weighted by Crippen LogP contribution is -2.34. The largest absolute Gasteiger partial charge is 0.495 e. The minimum Gasteiger partial charge on any atom is -0.495 e. The Morgan fingerprint density at radius 2 is 1.85 bits per heavy atom. The molecule has 8 heteroatoms. The number of rotatable bonds is 3. The molecule has 1 aliphatic rings. The van der Waals surface area contributed by atoms with Crippen molar-refractivity contribution >= 4 is 10.0 Å². The number of aryl methyl sites for hydroxylation is 2. The van der Waals surface area contributed by atoms with Gasteiger partial charge in [0.15, 0.2) is 0 Å². The van der Waals surface area contributed by atoms with Gasteiger partial charge in [0.2, 0.25) is 10.0 Å². The summed E-state index contributed by atoms with van der Waals surface area (Å²) in [5, 5.41) is 0. The van der Waals surface area contributed by atoms with Crippen molar-refractivity contribution in [2.75, 3.05) is 20.2 Å². The minimum absolute atomic E-state index is 0.0975. The Kier molecular flexibility index (Phi) is 4.90. The van der Waals surface area contributed by atoms with Crippen molar-refractivity contribution < 1.29 is 13.2 Å². The molecule has 0 N–H and O–H groups in total. The van der Waals surface area contributed by atoms with E-state index in [0.717, 1.165) is 5.56 Å². The molecule has 0 fully saturated rings. The molecular weight excluding hydrogens is 354 g/mol. The number of nitrogens with zero attached hydrogens (tertiary/aromatic N) is 3. The topological polar surface area (TPSA) is 81.5 Å². The van der Waals surface area contributed by atoms with E-state index < -0.39 is 10.0 Å².